The van der Waals surface area contributed by atoms with E-state index in [1.165, 1.54) is 11.8 Å². The van der Waals surface area contributed by atoms with Crippen LogP contribution in [0, 0.1) is 0 Å². The number of hydrogen-bond acceptors (Lipinski definition) is 4. The molecule has 5 aromatic carbocycles. The van der Waals surface area contributed by atoms with Crippen LogP contribution in [0.5, 0.6) is 0 Å². The standard InChI is InChI=1S/C37H30ClN3O3S/c1-25(35(42)39-31-21-19-30(38)20-22-31)45-33-14-8-13-32(24-33)40-37(44)34(41-36(43)29-11-6-3-7-12-29)23-26-15-17-28(18-16-26)27-9-4-2-5-10-27/h2-25H,1H3,(H,39,42)(H,40,44)(H,41,43)/b34-23+. The zero-order valence-electron chi connectivity index (χ0n) is 24.4. The number of carbonyl (C=O) groups excluding carboxylic acids is 3. The van der Waals surface area contributed by atoms with Crippen LogP contribution in [0.15, 0.2) is 144 Å². The van der Waals surface area contributed by atoms with E-state index in [0.717, 1.165) is 21.6 Å². The number of carbonyl (C=O) groups is 3. The van der Waals surface area contributed by atoms with Gasteiger partial charge >= 0.3 is 0 Å². The maximum Gasteiger partial charge on any atom is 0.272 e. The minimum Gasteiger partial charge on any atom is -0.325 e. The normalized spacial score (nSPS) is 11.7. The molecular weight excluding hydrogens is 602 g/mol. The molecule has 1 atom stereocenters. The number of thioether (sulfide) groups is 1. The third-order valence-electron chi connectivity index (χ3n) is 6.74. The minimum absolute atomic E-state index is 0.0880. The zero-order valence-corrected chi connectivity index (χ0v) is 25.9. The molecule has 6 nitrogen and oxygen atoms in total. The zero-order chi connectivity index (χ0) is 31.6. The Bertz CT molecular complexity index is 1810. The van der Waals surface area contributed by atoms with E-state index in [4.69, 9.17) is 11.6 Å². The highest BCUT2D eigenvalue weighted by molar-refractivity contribution is 8.00. The number of benzene rings is 5. The molecule has 0 heterocycles. The summed E-state index contributed by atoms with van der Waals surface area (Å²) in [7, 11) is 0. The smallest absolute Gasteiger partial charge is 0.272 e. The van der Waals surface area contributed by atoms with E-state index < -0.39 is 17.1 Å². The molecule has 0 aliphatic carbocycles. The second-order valence-corrected chi connectivity index (χ2v) is 12.0. The number of anilines is 2. The Morgan fingerprint density at radius 3 is 2.02 bits per heavy atom. The fourth-order valence-electron chi connectivity index (χ4n) is 4.39. The van der Waals surface area contributed by atoms with Gasteiger partial charge in [-0.15, -0.1) is 11.8 Å². The quantitative estimate of drug-likeness (QED) is 0.106. The summed E-state index contributed by atoms with van der Waals surface area (Å²) in [6.45, 7) is 1.81. The predicted octanol–water partition coefficient (Wildman–Crippen LogP) is 8.54. The van der Waals surface area contributed by atoms with Gasteiger partial charge in [-0.05, 0) is 84.3 Å². The van der Waals surface area contributed by atoms with Crippen LogP contribution in [-0.2, 0) is 9.59 Å². The van der Waals surface area contributed by atoms with E-state index in [9.17, 15) is 14.4 Å². The van der Waals surface area contributed by atoms with Crippen LogP contribution in [0.4, 0.5) is 11.4 Å². The fraction of sp³-hybridized carbons (Fsp3) is 0.0541. The summed E-state index contributed by atoms with van der Waals surface area (Å²) in [5, 5.41) is 8.74. The summed E-state index contributed by atoms with van der Waals surface area (Å²) >= 11 is 7.30. The van der Waals surface area contributed by atoms with Crippen LogP contribution in [0.3, 0.4) is 0 Å². The molecule has 3 amide bonds. The first-order chi connectivity index (χ1) is 21.8. The molecule has 5 aromatic rings. The molecule has 5 rings (SSSR count). The van der Waals surface area contributed by atoms with Crippen molar-refractivity contribution in [3.8, 4) is 11.1 Å². The van der Waals surface area contributed by atoms with Gasteiger partial charge in [0.2, 0.25) is 5.91 Å². The fourth-order valence-corrected chi connectivity index (χ4v) is 5.44. The molecule has 0 aliphatic rings. The van der Waals surface area contributed by atoms with Crippen LogP contribution in [0.1, 0.15) is 22.8 Å². The van der Waals surface area contributed by atoms with Gasteiger partial charge in [0.25, 0.3) is 11.8 Å². The molecule has 0 aromatic heterocycles. The highest BCUT2D eigenvalue weighted by atomic mass is 35.5. The Hall–Kier alpha value is -5.11. The van der Waals surface area contributed by atoms with Crippen molar-refractivity contribution >= 4 is 58.5 Å². The van der Waals surface area contributed by atoms with Crippen molar-refractivity contribution in [3.63, 3.8) is 0 Å². The first-order valence-electron chi connectivity index (χ1n) is 14.2. The van der Waals surface area contributed by atoms with E-state index >= 15 is 0 Å². The molecular formula is C37H30ClN3O3S. The topological polar surface area (TPSA) is 87.3 Å². The van der Waals surface area contributed by atoms with Crippen LogP contribution in [0.2, 0.25) is 5.02 Å². The monoisotopic (exact) mass is 631 g/mol. The van der Waals surface area contributed by atoms with Gasteiger partial charge in [-0.1, -0.05) is 90.5 Å². The molecule has 8 heteroatoms. The van der Waals surface area contributed by atoms with Gasteiger partial charge in [-0.3, -0.25) is 14.4 Å². The van der Waals surface area contributed by atoms with Crippen molar-refractivity contribution in [3.05, 3.63) is 155 Å². The molecule has 0 aliphatic heterocycles. The summed E-state index contributed by atoms with van der Waals surface area (Å²) in [6.07, 6.45) is 1.65. The third kappa shape index (κ3) is 8.95. The van der Waals surface area contributed by atoms with Crippen LogP contribution < -0.4 is 16.0 Å². The predicted molar refractivity (Wildman–Crippen MR) is 184 cm³/mol. The number of nitrogens with one attached hydrogen (secondary N) is 3. The van der Waals surface area contributed by atoms with Crippen LogP contribution in [0.25, 0.3) is 17.2 Å². The number of amides is 3. The van der Waals surface area contributed by atoms with Gasteiger partial charge in [0.1, 0.15) is 5.70 Å². The molecule has 0 saturated heterocycles. The average molecular weight is 632 g/mol. The van der Waals surface area contributed by atoms with Crippen LogP contribution in [-0.4, -0.2) is 23.0 Å². The molecule has 0 saturated carbocycles. The number of rotatable bonds is 10. The SMILES string of the molecule is CC(Sc1cccc(NC(=O)/C(=C\c2ccc(-c3ccccc3)cc2)NC(=O)c2ccccc2)c1)C(=O)Nc1ccc(Cl)cc1. The Labute approximate surface area is 271 Å². The van der Waals surface area contributed by atoms with Gasteiger partial charge in [-0.2, -0.15) is 0 Å². The molecule has 3 N–H and O–H groups in total. The maximum atomic E-state index is 13.6. The van der Waals surface area contributed by atoms with Gasteiger partial charge in [0, 0.05) is 26.9 Å². The molecule has 0 bridgehead atoms. The molecule has 0 fully saturated rings. The summed E-state index contributed by atoms with van der Waals surface area (Å²) in [6, 6.07) is 40.6. The summed E-state index contributed by atoms with van der Waals surface area (Å²) in [5.41, 5.74) is 4.57. The lowest BCUT2D eigenvalue weighted by Gasteiger charge is -2.14. The van der Waals surface area contributed by atoms with E-state index in [0.29, 0.717) is 22.0 Å². The second kappa shape index (κ2) is 15.1. The second-order valence-electron chi connectivity index (χ2n) is 10.1. The van der Waals surface area contributed by atoms with Gasteiger partial charge < -0.3 is 16.0 Å². The van der Waals surface area contributed by atoms with E-state index in [-0.39, 0.29) is 11.6 Å². The maximum absolute atomic E-state index is 13.6. The summed E-state index contributed by atoms with van der Waals surface area (Å²) in [5.74, 6) is -1.05. The first-order valence-corrected chi connectivity index (χ1v) is 15.5. The average Bonchev–Trinajstić information content (AvgIpc) is 3.06. The molecule has 224 valence electrons. The summed E-state index contributed by atoms with van der Waals surface area (Å²) in [4.78, 5) is 40.2. The van der Waals surface area contributed by atoms with Crippen molar-refractivity contribution in [1.29, 1.82) is 0 Å². The lowest BCUT2D eigenvalue weighted by Crippen LogP contribution is -2.30. The van der Waals surface area contributed by atoms with Crippen LogP contribution >= 0.6 is 23.4 Å². The third-order valence-corrected chi connectivity index (χ3v) is 8.09. The van der Waals surface area contributed by atoms with Crippen molar-refractivity contribution in [1.82, 2.24) is 5.32 Å². The molecule has 0 radical (unpaired) electrons. The van der Waals surface area contributed by atoms with Crippen molar-refractivity contribution < 1.29 is 14.4 Å². The van der Waals surface area contributed by atoms with Crippen molar-refractivity contribution in [2.75, 3.05) is 10.6 Å². The Kier molecular flexibility index (Phi) is 10.5. The Morgan fingerprint density at radius 2 is 1.33 bits per heavy atom. The van der Waals surface area contributed by atoms with Gasteiger partial charge in [0.15, 0.2) is 0 Å². The Morgan fingerprint density at radius 1 is 0.689 bits per heavy atom. The lowest BCUT2D eigenvalue weighted by atomic mass is 10.0. The Balaban J connectivity index is 1.31. The number of hydrogen-bond donors (Lipinski definition) is 3. The highest BCUT2D eigenvalue weighted by Gasteiger charge is 2.17. The van der Waals surface area contributed by atoms with Gasteiger partial charge in [0.05, 0.1) is 5.25 Å². The highest BCUT2D eigenvalue weighted by Crippen LogP contribution is 2.27. The van der Waals surface area contributed by atoms with Gasteiger partial charge in [-0.25, -0.2) is 0 Å². The van der Waals surface area contributed by atoms with E-state index in [1.54, 1.807) is 72.8 Å². The van der Waals surface area contributed by atoms with E-state index in [2.05, 4.69) is 16.0 Å². The first kappa shape index (κ1) is 31.3. The molecule has 1 unspecified atom stereocenters. The van der Waals surface area contributed by atoms with E-state index in [1.807, 2.05) is 73.7 Å². The number of halogens is 1. The minimum atomic E-state index is -0.484. The van der Waals surface area contributed by atoms with Crippen molar-refractivity contribution in [2.24, 2.45) is 0 Å². The summed E-state index contributed by atoms with van der Waals surface area (Å²) < 4.78 is 0. The largest absolute Gasteiger partial charge is 0.325 e. The molecule has 0 spiro atoms. The van der Waals surface area contributed by atoms with Crippen molar-refractivity contribution in [2.45, 2.75) is 17.1 Å². The lowest BCUT2D eigenvalue weighted by molar-refractivity contribution is -0.115. The molecule has 45 heavy (non-hydrogen) atoms.